The van der Waals surface area contributed by atoms with E-state index >= 15 is 0 Å². The number of ketones is 1. The Labute approximate surface area is 130 Å². The lowest BCUT2D eigenvalue weighted by Gasteiger charge is -2.23. The molecule has 1 aromatic carbocycles. The normalized spacial score (nSPS) is 26.3. The summed E-state index contributed by atoms with van der Waals surface area (Å²) < 4.78 is 10.7. The van der Waals surface area contributed by atoms with Crippen LogP contribution in [0.1, 0.15) is 41.9 Å². The van der Waals surface area contributed by atoms with Crippen LogP contribution < -0.4 is 0 Å². The minimum absolute atomic E-state index is 0.0785. The molecule has 0 N–H and O–H groups in total. The fourth-order valence-electron chi connectivity index (χ4n) is 3.37. The summed E-state index contributed by atoms with van der Waals surface area (Å²) in [6.07, 6.45) is 1.93. The first-order chi connectivity index (χ1) is 10.6. The number of ether oxygens (including phenoxy) is 2. The number of carbonyl (C=O) groups is 2. The number of Topliss-reactive ketones (excluding diaryl/α,β-unsaturated/α-hetero) is 1. The lowest BCUT2D eigenvalue weighted by atomic mass is 9.86. The fourth-order valence-corrected chi connectivity index (χ4v) is 3.37. The minimum atomic E-state index is -0.746. The van der Waals surface area contributed by atoms with E-state index < -0.39 is 18.0 Å². The Kier molecular flexibility index (Phi) is 4.30. The second-order valence-corrected chi connectivity index (χ2v) is 6.41. The monoisotopic (exact) mass is 302 g/mol. The maximum atomic E-state index is 12.7. The number of cyclic esters (lactones) is 1. The zero-order chi connectivity index (χ0) is 15.7. The predicted molar refractivity (Wildman–Crippen MR) is 81.7 cm³/mol. The molecule has 4 heteroatoms. The smallest absolute Gasteiger partial charge is 0.321 e. The molecule has 0 spiro atoms. The maximum absolute atomic E-state index is 12.7. The summed E-state index contributed by atoms with van der Waals surface area (Å²) in [7, 11) is 0. The van der Waals surface area contributed by atoms with Gasteiger partial charge >= 0.3 is 5.97 Å². The van der Waals surface area contributed by atoms with E-state index in [9.17, 15) is 9.59 Å². The van der Waals surface area contributed by atoms with Crippen molar-refractivity contribution in [1.82, 2.24) is 0 Å². The molecule has 2 heterocycles. The van der Waals surface area contributed by atoms with Crippen LogP contribution in [0.15, 0.2) is 18.2 Å². The van der Waals surface area contributed by atoms with Crippen molar-refractivity contribution in [1.29, 1.82) is 0 Å². The zero-order valence-corrected chi connectivity index (χ0v) is 13.1. The van der Waals surface area contributed by atoms with Crippen LogP contribution >= 0.6 is 0 Å². The first-order valence-electron chi connectivity index (χ1n) is 7.95. The van der Waals surface area contributed by atoms with Gasteiger partial charge in [-0.05, 0) is 50.2 Å². The quantitative estimate of drug-likeness (QED) is 0.636. The van der Waals surface area contributed by atoms with Crippen molar-refractivity contribution < 1.29 is 19.1 Å². The molecule has 3 rings (SSSR count). The van der Waals surface area contributed by atoms with Gasteiger partial charge in [0.05, 0.1) is 0 Å². The molecule has 2 atom stereocenters. The predicted octanol–water partition coefficient (Wildman–Crippen LogP) is 2.70. The van der Waals surface area contributed by atoms with Crippen LogP contribution in [0.25, 0.3) is 0 Å². The van der Waals surface area contributed by atoms with Gasteiger partial charge in [0.2, 0.25) is 0 Å². The zero-order valence-electron chi connectivity index (χ0n) is 13.1. The third kappa shape index (κ3) is 2.93. The van der Waals surface area contributed by atoms with Crippen LogP contribution in [-0.4, -0.2) is 31.1 Å². The molecule has 0 amide bonds. The Morgan fingerprint density at radius 2 is 1.86 bits per heavy atom. The molecule has 2 saturated heterocycles. The summed E-state index contributed by atoms with van der Waals surface area (Å²) in [6.45, 7) is 5.37. The van der Waals surface area contributed by atoms with E-state index in [1.165, 1.54) is 0 Å². The van der Waals surface area contributed by atoms with Gasteiger partial charge in [-0.1, -0.05) is 23.8 Å². The van der Waals surface area contributed by atoms with Crippen molar-refractivity contribution in [2.75, 3.05) is 13.2 Å². The summed E-state index contributed by atoms with van der Waals surface area (Å²) in [5, 5.41) is 0. The molecular formula is C18H22O4. The number of esters is 1. The summed E-state index contributed by atoms with van der Waals surface area (Å²) in [5.74, 6) is -0.807. The topological polar surface area (TPSA) is 52.6 Å². The highest BCUT2D eigenvalue weighted by Crippen LogP contribution is 2.34. The summed E-state index contributed by atoms with van der Waals surface area (Å²) in [4.78, 5) is 24.9. The molecule has 2 aliphatic heterocycles. The molecule has 2 fully saturated rings. The minimum Gasteiger partial charge on any atom is -0.454 e. The second-order valence-electron chi connectivity index (χ2n) is 6.41. The van der Waals surface area contributed by atoms with E-state index in [2.05, 4.69) is 0 Å². The third-order valence-corrected chi connectivity index (χ3v) is 4.73. The molecule has 0 aromatic heterocycles. The standard InChI is InChI=1S/C18H22O4/c1-11-3-4-12(2)14(9-11)16-17(19)15(22-18(16)20)10-13-5-7-21-8-6-13/h3-4,9,13,15-16H,5-8,10H2,1-2H3. The van der Waals surface area contributed by atoms with E-state index in [1.54, 1.807) is 0 Å². The molecule has 118 valence electrons. The van der Waals surface area contributed by atoms with Gasteiger partial charge in [-0.15, -0.1) is 0 Å². The number of aryl methyl sites for hydroxylation is 2. The van der Waals surface area contributed by atoms with Crippen molar-refractivity contribution in [3.05, 3.63) is 34.9 Å². The van der Waals surface area contributed by atoms with E-state index in [1.807, 2.05) is 32.0 Å². The van der Waals surface area contributed by atoms with Gasteiger partial charge in [0.25, 0.3) is 0 Å². The Balaban J connectivity index is 1.77. The van der Waals surface area contributed by atoms with Crippen LogP contribution in [0.3, 0.4) is 0 Å². The average Bonchev–Trinajstić information content (AvgIpc) is 2.77. The van der Waals surface area contributed by atoms with Crippen LogP contribution in [0.4, 0.5) is 0 Å². The average molecular weight is 302 g/mol. The number of hydrogen-bond donors (Lipinski definition) is 0. The van der Waals surface area contributed by atoms with Crippen molar-refractivity contribution >= 4 is 11.8 Å². The van der Waals surface area contributed by atoms with Gasteiger partial charge < -0.3 is 9.47 Å². The molecule has 0 saturated carbocycles. The molecule has 22 heavy (non-hydrogen) atoms. The Bertz CT molecular complexity index is 587. The van der Waals surface area contributed by atoms with E-state index in [0.717, 1.165) is 42.7 Å². The molecular weight excluding hydrogens is 280 g/mol. The van der Waals surface area contributed by atoms with Gasteiger partial charge in [-0.25, -0.2) is 0 Å². The number of hydrogen-bond acceptors (Lipinski definition) is 4. The van der Waals surface area contributed by atoms with Crippen LogP contribution in [0.2, 0.25) is 0 Å². The summed E-state index contributed by atoms with van der Waals surface area (Å²) >= 11 is 0. The van der Waals surface area contributed by atoms with Crippen molar-refractivity contribution in [3.63, 3.8) is 0 Å². The maximum Gasteiger partial charge on any atom is 0.321 e. The Morgan fingerprint density at radius 3 is 2.59 bits per heavy atom. The summed E-state index contributed by atoms with van der Waals surface area (Å²) in [5.41, 5.74) is 2.81. The Morgan fingerprint density at radius 1 is 1.14 bits per heavy atom. The first kappa shape index (κ1) is 15.2. The largest absolute Gasteiger partial charge is 0.454 e. The summed E-state index contributed by atoms with van der Waals surface area (Å²) in [6, 6.07) is 5.87. The van der Waals surface area contributed by atoms with Crippen molar-refractivity contribution in [2.24, 2.45) is 5.92 Å². The Hall–Kier alpha value is -1.68. The number of rotatable bonds is 3. The van der Waals surface area contributed by atoms with E-state index in [-0.39, 0.29) is 5.78 Å². The van der Waals surface area contributed by atoms with Gasteiger partial charge in [0, 0.05) is 13.2 Å². The van der Waals surface area contributed by atoms with Crippen molar-refractivity contribution in [3.8, 4) is 0 Å². The highest BCUT2D eigenvalue weighted by Gasteiger charge is 2.45. The lowest BCUT2D eigenvalue weighted by Crippen LogP contribution is -2.26. The lowest BCUT2D eigenvalue weighted by molar-refractivity contribution is -0.144. The molecule has 2 aliphatic rings. The van der Waals surface area contributed by atoms with Crippen LogP contribution in [0, 0.1) is 19.8 Å². The van der Waals surface area contributed by atoms with Gasteiger partial charge in [-0.2, -0.15) is 0 Å². The number of carbonyl (C=O) groups excluding carboxylic acids is 2. The molecule has 2 unspecified atom stereocenters. The number of benzene rings is 1. The molecule has 4 nitrogen and oxygen atoms in total. The van der Waals surface area contributed by atoms with Crippen LogP contribution in [0.5, 0.6) is 0 Å². The highest BCUT2D eigenvalue weighted by molar-refractivity contribution is 6.11. The SMILES string of the molecule is Cc1ccc(C)c(C2C(=O)OC(CC3CCOCC3)C2=O)c1. The molecule has 1 aromatic rings. The third-order valence-electron chi connectivity index (χ3n) is 4.73. The highest BCUT2D eigenvalue weighted by atomic mass is 16.6. The molecule has 0 bridgehead atoms. The van der Waals surface area contributed by atoms with E-state index in [0.29, 0.717) is 12.3 Å². The van der Waals surface area contributed by atoms with Gasteiger partial charge in [-0.3, -0.25) is 9.59 Å². The van der Waals surface area contributed by atoms with Crippen LogP contribution in [-0.2, 0) is 19.1 Å². The fraction of sp³-hybridized carbons (Fsp3) is 0.556. The van der Waals surface area contributed by atoms with Crippen molar-refractivity contribution in [2.45, 2.75) is 45.1 Å². The molecule has 0 aliphatic carbocycles. The van der Waals surface area contributed by atoms with Gasteiger partial charge in [0.15, 0.2) is 11.9 Å². The van der Waals surface area contributed by atoms with E-state index in [4.69, 9.17) is 9.47 Å². The second kappa shape index (κ2) is 6.21. The van der Waals surface area contributed by atoms with Gasteiger partial charge in [0.1, 0.15) is 5.92 Å². The molecule has 0 radical (unpaired) electrons. The first-order valence-corrected chi connectivity index (χ1v) is 7.95.